The highest BCUT2D eigenvalue weighted by molar-refractivity contribution is 5.99. The number of carboxylic acid groups (broad SMARTS) is 1. The molecule has 0 unspecified atom stereocenters. The van der Waals surface area contributed by atoms with Crippen molar-refractivity contribution in [3.8, 4) is 17.4 Å². The number of nitrogens with zero attached hydrogens (tertiary/aromatic N) is 1. The van der Waals surface area contributed by atoms with Gasteiger partial charge in [0.1, 0.15) is 17.2 Å². The van der Waals surface area contributed by atoms with Crippen LogP contribution in [0.25, 0.3) is 21.7 Å². The number of para-hydroxylation sites is 1. The Labute approximate surface area is 220 Å². The van der Waals surface area contributed by atoms with E-state index in [0.29, 0.717) is 36.2 Å². The fraction of sp³-hybridized carbons (Fsp3) is 0.138. The van der Waals surface area contributed by atoms with Crippen LogP contribution in [0.5, 0.6) is 17.4 Å². The van der Waals surface area contributed by atoms with Crippen LogP contribution < -0.4 is 19.5 Å². The summed E-state index contributed by atoms with van der Waals surface area (Å²) in [5.41, 5.74) is 1.24. The molecule has 39 heavy (non-hydrogen) atoms. The number of carbonyl (C=O) groups is 1. The zero-order valence-corrected chi connectivity index (χ0v) is 20.4. The Morgan fingerprint density at radius 1 is 0.897 bits per heavy atom. The molecule has 0 amide bonds. The second-order valence-electron chi connectivity index (χ2n) is 8.60. The van der Waals surface area contributed by atoms with Crippen LogP contribution in [-0.4, -0.2) is 28.8 Å². The first kappa shape index (κ1) is 25.8. The first-order valence-corrected chi connectivity index (χ1v) is 12.0. The molecule has 1 heterocycles. The molecule has 7 nitrogen and oxygen atoms in total. The number of hydrogen-bond donors (Lipinski definition) is 2. The molecule has 5 rings (SSSR count). The second kappa shape index (κ2) is 10.9. The number of aromatic nitrogens is 1. The summed E-state index contributed by atoms with van der Waals surface area (Å²) in [4.78, 5) is 11.6. The van der Waals surface area contributed by atoms with Gasteiger partial charge in [0, 0.05) is 29.1 Å². The second-order valence-corrected chi connectivity index (χ2v) is 8.60. The van der Waals surface area contributed by atoms with Crippen molar-refractivity contribution in [2.45, 2.75) is 19.3 Å². The molecule has 200 valence electrons. The summed E-state index contributed by atoms with van der Waals surface area (Å²) in [7, 11) is 0. The number of rotatable bonds is 9. The van der Waals surface area contributed by atoms with Crippen molar-refractivity contribution in [2.75, 3.05) is 11.9 Å². The predicted molar refractivity (Wildman–Crippen MR) is 141 cm³/mol. The predicted octanol–water partition coefficient (Wildman–Crippen LogP) is 7.96. The first-order chi connectivity index (χ1) is 18.8. The molecular weight excluding hydrogens is 513 g/mol. The van der Waals surface area contributed by atoms with E-state index in [0.717, 1.165) is 16.5 Å². The lowest BCUT2D eigenvalue weighted by atomic mass is 10.1. The summed E-state index contributed by atoms with van der Waals surface area (Å²) in [6.07, 6.45) is -5.85. The van der Waals surface area contributed by atoms with Gasteiger partial charge in [0.25, 0.3) is 0 Å². The zero-order valence-electron chi connectivity index (χ0n) is 20.4. The van der Waals surface area contributed by atoms with Crippen LogP contribution in [-0.2, 0) is 6.54 Å². The minimum atomic E-state index is -4.85. The fourth-order valence-corrected chi connectivity index (χ4v) is 4.45. The van der Waals surface area contributed by atoms with Crippen molar-refractivity contribution in [3.63, 3.8) is 0 Å². The van der Waals surface area contributed by atoms with Crippen LogP contribution in [0.15, 0.2) is 91.0 Å². The third-order valence-corrected chi connectivity index (χ3v) is 5.98. The summed E-state index contributed by atoms with van der Waals surface area (Å²) >= 11 is 0. The third kappa shape index (κ3) is 6.01. The van der Waals surface area contributed by atoms with Gasteiger partial charge in [-0.3, -0.25) is 0 Å². The van der Waals surface area contributed by atoms with Crippen molar-refractivity contribution in [3.05, 3.63) is 91.0 Å². The van der Waals surface area contributed by atoms with Crippen LogP contribution in [0, 0.1) is 0 Å². The number of fused-ring (bicyclic) bond motifs is 2. The van der Waals surface area contributed by atoms with Gasteiger partial charge in [-0.05, 0) is 36.1 Å². The lowest BCUT2D eigenvalue weighted by Gasteiger charge is -2.14. The van der Waals surface area contributed by atoms with Crippen molar-refractivity contribution in [2.24, 2.45) is 0 Å². The van der Waals surface area contributed by atoms with Gasteiger partial charge in [0.15, 0.2) is 0 Å². The SMILES string of the molecule is O=C(O)Oc1c(Nc2cccc(OC(F)(F)F)c2)c2ccccc2n1CCCOc1cccc2ccccc12. The van der Waals surface area contributed by atoms with Crippen molar-refractivity contribution >= 4 is 39.2 Å². The average Bonchev–Trinajstić information content (AvgIpc) is 3.17. The molecule has 0 aliphatic carbocycles. The molecule has 2 N–H and O–H groups in total. The maximum absolute atomic E-state index is 12.7. The highest BCUT2D eigenvalue weighted by Crippen LogP contribution is 2.40. The molecule has 0 radical (unpaired) electrons. The Bertz CT molecular complexity index is 1630. The van der Waals surface area contributed by atoms with Gasteiger partial charge >= 0.3 is 12.5 Å². The summed E-state index contributed by atoms with van der Waals surface area (Å²) in [6, 6.07) is 26.1. The first-order valence-electron chi connectivity index (χ1n) is 12.0. The summed E-state index contributed by atoms with van der Waals surface area (Å²) < 4.78 is 55.1. The minimum Gasteiger partial charge on any atom is -0.493 e. The standard InChI is InChI=1S/C29H23F3N2O5/c30-29(31,32)39-21-11-6-10-20(18-21)33-26-23-13-3-4-14-24(23)34(27(26)38-28(35)36)16-7-17-37-25-15-5-9-19-8-1-2-12-22(19)25/h1-6,8-15,18,33H,7,16-17H2,(H,35,36). The molecule has 0 aliphatic heterocycles. The van der Waals surface area contributed by atoms with Crippen molar-refractivity contribution < 1.29 is 37.3 Å². The van der Waals surface area contributed by atoms with Crippen LogP contribution >= 0.6 is 0 Å². The van der Waals surface area contributed by atoms with Gasteiger partial charge in [0.2, 0.25) is 5.88 Å². The summed E-state index contributed by atoms with van der Waals surface area (Å²) in [6.45, 7) is 0.708. The molecule has 1 aromatic heterocycles. The molecule has 0 spiro atoms. The summed E-state index contributed by atoms with van der Waals surface area (Å²) in [5.74, 6) is 0.342. The lowest BCUT2D eigenvalue weighted by molar-refractivity contribution is -0.274. The van der Waals surface area contributed by atoms with Crippen LogP contribution in [0.1, 0.15) is 6.42 Å². The highest BCUT2D eigenvalue weighted by Gasteiger charge is 2.31. The maximum Gasteiger partial charge on any atom is 0.573 e. The molecule has 0 fully saturated rings. The molecular formula is C29H23F3N2O5. The number of aryl methyl sites for hydroxylation is 1. The molecule has 0 bridgehead atoms. The van der Waals surface area contributed by atoms with Gasteiger partial charge in [0.05, 0.1) is 12.1 Å². The van der Waals surface area contributed by atoms with E-state index in [1.54, 1.807) is 22.8 Å². The molecule has 10 heteroatoms. The van der Waals surface area contributed by atoms with Gasteiger partial charge < -0.3 is 29.2 Å². The number of nitrogens with one attached hydrogen (secondary N) is 1. The Morgan fingerprint density at radius 3 is 2.41 bits per heavy atom. The minimum absolute atomic E-state index is 0.0102. The van der Waals surface area contributed by atoms with Gasteiger partial charge in [-0.25, -0.2) is 4.79 Å². The topological polar surface area (TPSA) is 82.0 Å². The van der Waals surface area contributed by atoms with E-state index in [4.69, 9.17) is 9.47 Å². The molecule has 0 saturated carbocycles. The van der Waals surface area contributed by atoms with E-state index in [1.165, 1.54) is 24.3 Å². The molecule has 0 saturated heterocycles. The Kier molecular flexibility index (Phi) is 7.18. The van der Waals surface area contributed by atoms with E-state index in [1.807, 2.05) is 48.5 Å². The normalized spacial score (nSPS) is 11.5. The van der Waals surface area contributed by atoms with E-state index < -0.39 is 18.3 Å². The van der Waals surface area contributed by atoms with E-state index >= 15 is 0 Å². The molecule has 0 aliphatic rings. The van der Waals surface area contributed by atoms with Crippen molar-refractivity contribution in [1.82, 2.24) is 4.57 Å². The number of ether oxygens (including phenoxy) is 3. The molecule has 4 aromatic carbocycles. The maximum atomic E-state index is 12.7. The largest absolute Gasteiger partial charge is 0.573 e. The third-order valence-electron chi connectivity index (χ3n) is 5.98. The Hall–Kier alpha value is -4.86. The number of hydrogen-bond acceptors (Lipinski definition) is 5. The van der Waals surface area contributed by atoms with Crippen LogP contribution in [0.3, 0.4) is 0 Å². The zero-order chi connectivity index (χ0) is 27.4. The fourth-order valence-electron chi connectivity index (χ4n) is 4.45. The molecule has 0 atom stereocenters. The van der Waals surface area contributed by atoms with Gasteiger partial charge in [-0.2, -0.15) is 0 Å². The Balaban J connectivity index is 1.41. The smallest absolute Gasteiger partial charge is 0.493 e. The summed E-state index contributed by atoms with van der Waals surface area (Å²) in [5, 5.41) is 15.2. The van der Waals surface area contributed by atoms with Crippen molar-refractivity contribution in [1.29, 1.82) is 0 Å². The highest BCUT2D eigenvalue weighted by atomic mass is 19.4. The van der Waals surface area contributed by atoms with Crippen LogP contribution in [0.2, 0.25) is 0 Å². The monoisotopic (exact) mass is 536 g/mol. The Morgan fingerprint density at radius 2 is 1.62 bits per heavy atom. The van der Waals surface area contributed by atoms with E-state index in [2.05, 4.69) is 10.1 Å². The van der Waals surface area contributed by atoms with E-state index in [9.17, 15) is 23.1 Å². The number of benzene rings is 4. The number of alkyl halides is 3. The van der Waals surface area contributed by atoms with Crippen LogP contribution in [0.4, 0.5) is 29.3 Å². The average molecular weight is 537 g/mol. The number of halogens is 3. The molecule has 5 aromatic rings. The van der Waals surface area contributed by atoms with Gasteiger partial charge in [-0.1, -0.05) is 60.7 Å². The van der Waals surface area contributed by atoms with E-state index in [-0.39, 0.29) is 11.6 Å². The van der Waals surface area contributed by atoms with Gasteiger partial charge in [-0.15, -0.1) is 13.2 Å². The lowest BCUT2D eigenvalue weighted by Crippen LogP contribution is -2.17. The quantitative estimate of drug-likeness (QED) is 0.147. The number of anilines is 2.